The van der Waals surface area contributed by atoms with Crippen LogP contribution in [-0.2, 0) is 6.42 Å². The van der Waals surface area contributed by atoms with E-state index < -0.39 is 5.82 Å². The monoisotopic (exact) mass is 253 g/mol. The van der Waals surface area contributed by atoms with Gasteiger partial charge in [-0.25, -0.2) is 4.39 Å². The maximum Gasteiger partial charge on any atom is 0.231 e. The van der Waals surface area contributed by atoms with Crippen LogP contribution in [0.2, 0.25) is 0 Å². The number of benzene rings is 1. The van der Waals surface area contributed by atoms with E-state index in [0.29, 0.717) is 29.4 Å². The third-order valence-corrected chi connectivity index (χ3v) is 3.56. The first-order chi connectivity index (χ1) is 8.75. The lowest BCUT2D eigenvalue weighted by molar-refractivity contribution is 0.172. The zero-order chi connectivity index (χ0) is 12.5. The molecule has 1 atom stereocenters. The van der Waals surface area contributed by atoms with Gasteiger partial charge in [0.1, 0.15) is 0 Å². The van der Waals surface area contributed by atoms with Gasteiger partial charge in [-0.15, -0.1) is 0 Å². The van der Waals surface area contributed by atoms with E-state index in [1.165, 1.54) is 6.07 Å². The summed E-state index contributed by atoms with van der Waals surface area (Å²) in [6.07, 6.45) is 2.74. The van der Waals surface area contributed by atoms with Gasteiger partial charge in [0, 0.05) is 11.6 Å². The van der Waals surface area contributed by atoms with Crippen molar-refractivity contribution in [2.75, 3.05) is 19.9 Å². The van der Waals surface area contributed by atoms with Gasteiger partial charge in [0.05, 0.1) is 0 Å². The lowest BCUT2D eigenvalue weighted by Crippen LogP contribution is -2.31. The molecule has 0 saturated carbocycles. The quantitative estimate of drug-likeness (QED) is 0.844. The van der Waals surface area contributed by atoms with Crippen molar-refractivity contribution in [1.82, 2.24) is 5.32 Å². The van der Waals surface area contributed by atoms with Crippen LogP contribution in [0.1, 0.15) is 18.4 Å². The van der Waals surface area contributed by atoms with Crippen LogP contribution in [0.4, 0.5) is 4.39 Å². The summed E-state index contributed by atoms with van der Waals surface area (Å²) in [6.45, 7) is 2.00. The second-order valence-corrected chi connectivity index (χ2v) is 4.84. The number of phenols is 1. The van der Waals surface area contributed by atoms with Crippen molar-refractivity contribution in [2.45, 2.75) is 19.3 Å². The van der Waals surface area contributed by atoms with Crippen LogP contribution in [0.15, 0.2) is 6.07 Å². The minimum absolute atomic E-state index is 0.0914. The SMILES string of the molecule is Oc1cc2c(c(CC3CCCNC3)c1F)OCO2. The van der Waals surface area contributed by atoms with E-state index >= 15 is 0 Å². The minimum atomic E-state index is -0.579. The standard InChI is InChI=1S/C13H16FNO3/c14-12-9(4-8-2-1-3-15-6-8)13-11(5-10(12)16)17-7-18-13/h5,8,15-16H,1-4,6-7H2. The molecule has 2 aliphatic rings. The first-order valence-electron chi connectivity index (χ1n) is 6.26. The maximum atomic E-state index is 14.0. The number of phenolic OH excluding ortho intramolecular Hbond substituents is 1. The van der Waals surface area contributed by atoms with E-state index in [-0.39, 0.29) is 12.5 Å². The van der Waals surface area contributed by atoms with E-state index in [4.69, 9.17) is 9.47 Å². The van der Waals surface area contributed by atoms with Crippen LogP contribution in [0.3, 0.4) is 0 Å². The summed E-state index contributed by atoms with van der Waals surface area (Å²) in [4.78, 5) is 0. The van der Waals surface area contributed by atoms with Gasteiger partial charge < -0.3 is 19.9 Å². The second kappa shape index (κ2) is 4.65. The van der Waals surface area contributed by atoms with Crippen molar-refractivity contribution < 1.29 is 19.0 Å². The van der Waals surface area contributed by atoms with Gasteiger partial charge in [-0.2, -0.15) is 0 Å². The Labute approximate surface area is 105 Å². The molecule has 0 bridgehead atoms. The molecule has 0 aromatic heterocycles. The highest BCUT2D eigenvalue weighted by molar-refractivity contribution is 5.53. The van der Waals surface area contributed by atoms with Crippen LogP contribution in [0.25, 0.3) is 0 Å². The number of aromatic hydroxyl groups is 1. The van der Waals surface area contributed by atoms with Crippen molar-refractivity contribution in [2.24, 2.45) is 5.92 Å². The normalized spacial score (nSPS) is 22.2. The number of rotatable bonds is 2. The first kappa shape index (κ1) is 11.6. The number of piperidine rings is 1. The number of fused-ring (bicyclic) bond motifs is 1. The fraction of sp³-hybridized carbons (Fsp3) is 0.538. The van der Waals surface area contributed by atoms with Gasteiger partial charge in [-0.05, 0) is 38.3 Å². The third-order valence-electron chi connectivity index (χ3n) is 3.56. The topological polar surface area (TPSA) is 50.7 Å². The zero-order valence-corrected chi connectivity index (χ0v) is 10.0. The zero-order valence-electron chi connectivity index (χ0n) is 10.0. The molecule has 1 aromatic rings. The molecule has 5 heteroatoms. The fourth-order valence-corrected chi connectivity index (χ4v) is 2.64. The van der Waals surface area contributed by atoms with Gasteiger partial charge in [-0.3, -0.25) is 0 Å². The molecule has 0 radical (unpaired) electrons. The molecular weight excluding hydrogens is 237 g/mol. The van der Waals surface area contributed by atoms with Gasteiger partial charge >= 0.3 is 0 Å². The van der Waals surface area contributed by atoms with Crippen molar-refractivity contribution in [1.29, 1.82) is 0 Å². The molecule has 0 aliphatic carbocycles. The molecule has 2 N–H and O–H groups in total. The number of ether oxygens (including phenoxy) is 2. The smallest absolute Gasteiger partial charge is 0.231 e. The van der Waals surface area contributed by atoms with Crippen LogP contribution < -0.4 is 14.8 Å². The molecule has 4 nitrogen and oxygen atoms in total. The van der Waals surface area contributed by atoms with E-state index in [1.54, 1.807) is 0 Å². The molecule has 0 spiro atoms. The number of hydrogen-bond acceptors (Lipinski definition) is 4. The van der Waals surface area contributed by atoms with Crippen molar-refractivity contribution in [3.8, 4) is 17.2 Å². The van der Waals surface area contributed by atoms with E-state index in [1.807, 2.05) is 0 Å². The highest BCUT2D eigenvalue weighted by atomic mass is 19.1. The van der Waals surface area contributed by atoms with Gasteiger partial charge in [0.15, 0.2) is 23.1 Å². The maximum absolute atomic E-state index is 14.0. The highest BCUT2D eigenvalue weighted by Crippen LogP contribution is 2.42. The Balaban J connectivity index is 1.90. The average Bonchev–Trinajstić information content (AvgIpc) is 2.84. The summed E-state index contributed by atoms with van der Waals surface area (Å²) in [7, 11) is 0. The van der Waals surface area contributed by atoms with Gasteiger partial charge in [0.2, 0.25) is 6.79 Å². The van der Waals surface area contributed by atoms with Crippen LogP contribution >= 0.6 is 0 Å². The van der Waals surface area contributed by atoms with Crippen molar-refractivity contribution in [3.63, 3.8) is 0 Å². The Kier molecular flexibility index (Phi) is 2.99. The lowest BCUT2D eigenvalue weighted by Gasteiger charge is -2.23. The Morgan fingerprint density at radius 3 is 3.11 bits per heavy atom. The predicted molar refractivity (Wildman–Crippen MR) is 63.5 cm³/mol. The molecule has 0 amide bonds. The van der Waals surface area contributed by atoms with E-state index in [0.717, 1.165) is 25.9 Å². The lowest BCUT2D eigenvalue weighted by atomic mass is 9.91. The molecule has 2 aliphatic heterocycles. The number of hydrogen-bond donors (Lipinski definition) is 2. The molecule has 3 rings (SSSR count). The molecule has 2 heterocycles. The second-order valence-electron chi connectivity index (χ2n) is 4.84. The van der Waals surface area contributed by atoms with E-state index in [9.17, 15) is 9.50 Å². The average molecular weight is 253 g/mol. The van der Waals surface area contributed by atoms with Crippen molar-refractivity contribution >= 4 is 0 Å². The molecule has 1 fully saturated rings. The summed E-state index contributed by atoms with van der Waals surface area (Å²) in [6, 6.07) is 1.28. The minimum Gasteiger partial charge on any atom is -0.505 e. The Morgan fingerprint density at radius 1 is 1.44 bits per heavy atom. The summed E-state index contributed by atoms with van der Waals surface area (Å²) in [5.74, 6) is 0.328. The van der Waals surface area contributed by atoms with Crippen LogP contribution in [0.5, 0.6) is 17.2 Å². The summed E-state index contributed by atoms with van der Waals surface area (Å²) in [5, 5.41) is 12.9. The van der Waals surface area contributed by atoms with E-state index in [2.05, 4.69) is 5.32 Å². The van der Waals surface area contributed by atoms with Gasteiger partial charge in [-0.1, -0.05) is 0 Å². The third kappa shape index (κ3) is 1.99. The first-order valence-corrected chi connectivity index (χ1v) is 6.26. The molecule has 98 valence electrons. The highest BCUT2D eigenvalue weighted by Gasteiger charge is 2.27. The fourth-order valence-electron chi connectivity index (χ4n) is 2.64. The molecule has 1 aromatic carbocycles. The van der Waals surface area contributed by atoms with Crippen molar-refractivity contribution in [3.05, 3.63) is 17.4 Å². The predicted octanol–water partition coefficient (Wildman–Crippen LogP) is 1.80. The Morgan fingerprint density at radius 2 is 2.33 bits per heavy atom. The summed E-state index contributed by atoms with van der Waals surface area (Å²) >= 11 is 0. The summed E-state index contributed by atoms with van der Waals surface area (Å²) in [5.41, 5.74) is 0.441. The number of nitrogens with one attached hydrogen (secondary N) is 1. The molecule has 1 unspecified atom stereocenters. The molecule has 18 heavy (non-hydrogen) atoms. The Bertz CT molecular complexity index is 458. The summed E-state index contributed by atoms with van der Waals surface area (Å²) < 4.78 is 24.5. The largest absolute Gasteiger partial charge is 0.505 e. The van der Waals surface area contributed by atoms with Crippen LogP contribution in [0, 0.1) is 11.7 Å². The number of halogens is 1. The van der Waals surface area contributed by atoms with Gasteiger partial charge in [0.25, 0.3) is 0 Å². The molecule has 1 saturated heterocycles. The Hall–Kier alpha value is -1.49. The van der Waals surface area contributed by atoms with Crippen LogP contribution in [-0.4, -0.2) is 25.0 Å². The molecular formula is C13H16FNO3.